The van der Waals surface area contributed by atoms with Gasteiger partial charge < -0.3 is 10.1 Å². The van der Waals surface area contributed by atoms with Crippen molar-refractivity contribution in [2.24, 2.45) is 0 Å². The Morgan fingerprint density at radius 2 is 2.00 bits per heavy atom. The van der Waals surface area contributed by atoms with Gasteiger partial charge in [-0.15, -0.1) is 11.3 Å². The first-order valence-electron chi connectivity index (χ1n) is 5.88. The summed E-state index contributed by atoms with van der Waals surface area (Å²) in [7, 11) is 0. The number of fused-ring (bicyclic) bond motifs is 1. The Bertz CT molecular complexity index is 574. The maximum Gasteiger partial charge on any atom is 0.220 e. The van der Waals surface area contributed by atoms with Gasteiger partial charge in [-0.05, 0) is 29.3 Å². The average molecular weight is 261 g/mol. The molecule has 0 saturated carbocycles. The maximum atomic E-state index is 11.5. The van der Waals surface area contributed by atoms with Crippen LogP contribution in [0.4, 0.5) is 0 Å². The van der Waals surface area contributed by atoms with E-state index in [2.05, 4.69) is 22.8 Å². The quantitative estimate of drug-likeness (QED) is 0.899. The molecule has 2 aromatic rings. The standard InChI is InChI=1S/C14H15NO2S/c1-10(16)6-7-14(17)15-8-11-9-18-13-5-3-2-4-12(11)13/h2-5,9H,6-8H2,1H3,(H,15,17). The molecule has 1 aromatic heterocycles. The normalized spacial score (nSPS) is 10.5. The Kier molecular flexibility index (Phi) is 4.10. The van der Waals surface area contributed by atoms with Crippen LogP contribution >= 0.6 is 11.3 Å². The number of hydrogen-bond acceptors (Lipinski definition) is 3. The van der Waals surface area contributed by atoms with Gasteiger partial charge in [0.25, 0.3) is 0 Å². The highest BCUT2D eigenvalue weighted by Gasteiger charge is 2.06. The van der Waals surface area contributed by atoms with Gasteiger partial charge in [-0.3, -0.25) is 4.79 Å². The van der Waals surface area contributed by atoms with E-state index in [9.17, 15) is 9.59 Å². The minimum absolute atomic E-state index is 0.0473. The van der Waals surface area contributed by atoms with E-state index in [-0.39, 0.29) is 18.1 Å². The molecule has 0 aliphatic rings. The van der Waals surface area contributed by atoms with E-state index in [1.54, 1.807) is 11.3 Å². The molecule has 4 heteroatoms. The number of benzene rings is 1. The fourth-order valence-electron chi connectivity index (χ4n) is 1.74. The third-order valence-electron chi connectivity index (χ3n) is 2.74. The Hall–Kier alpha value is -1.68. The molecule has 0 fully saturated rings. The summed E-state index contributed by atoms with van der Waals surface area (Å²) >= 11 is 1.68. The zero-order valence-electron chi connectivity index (χ0n) is 10.2. The van der Waals surface area contributed by atoms with E-state index in [1.165, 1.54) is 17.0 Å². The predicted octanol–water partition coefficient (Wildman–Crippen LogP) is 2.89. The molecule has 0 aliphatic carbocycles. The van der Waals surface area contributed by atoms with Crippen molar-refractivity contribution in [3.8, 4) is 0 Å². The summed E-state index contributed by atoms with van der Waals surface area (Å²) < 4.78 is 1.23. The molecule has 0 bridgehead atoms. The molecule has 1 amide bonds. The minimum atomic E-state index is -0.0690. The van der Waals surface area contributed by atoms with Crippen LogP contribution in [0.2, 0.25) is 0 Å². The van der Waals surface area contributed by atoms with Crippen molar-refractivity contribution in [3.05, 3.63) is 35.2 Å². The molecule has 0 unspecified atom stereocenters. The molecule has 2 rings (SSSR count). The van der Waals surface area contributed by atoms with Crippen LogP contribution in [0.25, 0.3) is 10.1 Å². The van der Waals surface area contributed by atoms with Crippen molar-refractivity contribution in [1.29, 1.82) is 0 Å². The SMILES string of the molecule is CC(=O)CCC(=O)NCc1csc2ccccc12. The summed E-state index contributed by atoms with van der Waals surface area (Å²) in [5, 5.41) is 6.10. The fraction of sp³-hybridized carbons (Fsp3) is 0.286. The van der Waals surface area contributed by atoms with Gasteiger partial charge in [0, 0.05) is 24.1 Å². The van der Waals surface area contributed by atoms with Crippen LogP contribution in [0.1, 0.15) is 25.3 Å². The highest BCUT2D eigenvalue weighted by atomic mass is 32.1. The summed E-state index contributed by atoms with van der Waals surface area (Å²) in [6.45, 7) is 2.03. The van der Waals surface area contributed by atoms with E-state index in [0.717, 1.165) is 5.56 Å². The summed E-state index contributed by atoms with van der Waals surface area (Å²) in [6.07, 6.45) is 0.591. The first-order chi connectivity index (χ1) is 8.66. The Morgan fingerprint density at radius 1 is 1.22 bits per heavy atom. The molecule has 94 valence electrons. The van der Waals surface area contributed by atoms with Crippen LogP contribution in [0.5, 0.6) is 0 Å². The monoisotopic (exact) mass is 261 g/mol. The van der Waals surface area contributed by atoms with Crippen LogP contribution in [0, 0.1) is 0 Å². The molecule has 0 spiro atoms. The van der Waals surface area contributed by atoms with Crippen molar-refractivity contribution in [3.63, 3.8) is 0 Å². The number of Topliss-reactive ketones (excluding diaryl/α,β-unsaturated/α-hetero) is 1. The van der Waals surface area contributed by atoms with Crippen molar-refractivity contribution < 1.29 is 9.59 Å². The highest BCUT2D eigenvalue weighted by Crippen LogP contribution is 2.25. The fourth-order valence-corrected chi connectivity index (χ4v) is 2.70. The number of carbonyl (C=O) groups excluding carboxylic acids is 2. The summed E-state index contributed by atoms with van der Waals surface area (Å²) in [6, 6.07) is 8.13. The molecular weight excluding hydrogens is 246 g/mol. The van der Waals surface area contributed by atoms with E-state index >= 15 is 0 Å². The van der Waals surface area contributed by atoms with Crippen LogP contribution in [-0.4, -0.2) is 11.7 Å². The van der Waals surface area contributed by atoms with Crippen LogP contribution < -0.4 is 5.32 Å². The molecule has 1 heterocycles. The average Bonchev–Trinajstić information content (AvgIpc) is 2.77. The summed E-state index contributed by atoms with van der Waals surface area (Å²) in [5.41, 5.74) is 1.13. The van der Waals surface area contributed by atoms with Crippen molar-refractivity contribution in [2.45, 2.75) is 26.3 Å². The first kappa shape index (κ1) is 12.8. The number of hydrogen-bond donors (Lipinski definition) is 1. The number of thiophene rings is 1. The zero-order chi connectivity index (χ0) is 13.0. The van der Waals surface area contributed by atoms with Crippen molar-refractivity contribution in [1.82, 2.24) is 5.32 Å². The minimum Gasteiger partial charge on any atom is -0.352 e. The molecule has 1 aromatic carbocycles. The topological polar surface area (TPSA) is 46.2 Å². The van der Waals surface area contributed by atoms with Crippen molar-refractivity contribution in [2.75, 3.05) is 0 Å². The Labute approximate surface area is 110 Å². The lowest BCUT2D eigenvalue weighted by molar-refractivity contribution is -0.124. The van der Waals surface area contributed by atoms with Crippen LogP contribution in [-0.2, 0) is 16.1 Å². The molecule has 0 saturated heterocycles. The van der Waals surface area contributed by atoms with E-state index in [0.29, 0.717) is 13.0 Å². The second kappa shape index (κ2) is 5.78. The second-order valence-corrected chi connectivity index (χ2v) is 5.15. The molecule has 0 radical (unpaired) electrons. The number of amides is 1. The predicted molar refractivity (Wildman–Crippen MR) is 73.6 cm³/mol. The number of nitrogens with one attached hydrogen (secondary N) is 1. The number of carbonyl (C=O) groups is 2. The molecule has 0 aliphatic heterocycles. The van der Waals surface area contributed by atoms with Crippen LogP contribution in [0.3, 0.4) is 0 Å². The molecule has 3 nitrogen and oxygen atoms in total. The smallest absolute Gasteiger partial charge is 0.220 e. The van der Waals surface area contributed by atoms with Gasteiger partial charge >= 0.3 is 0 Å². The van der Waals surface area contributed by atoms with E-state index in [1.807, 2.05) is 12.1 Å². The van der Waals surface area contributed by atoms with Gasteiger partial charge in [-0.25, -0.2) is 0 Å². The summed E-state index contributed by atoms with van der Waals surface area (Å²) in [5.74, 6) is -0.0217. The second-order valence-electron chi connectivity index (χ2n) is 4.24. The van der Waals surface area contributed by atoms with Gasteiger partial charge in [0.2, 0.25) is 5.91 Å². The number of ketones is 1. The van der Waals surface area contributed by atoms with Gasteiger partial charge in [-0.1, -0.05) is 18.2 Å². The molecule has 0 atom stereocenters. The largest absolute Gasteiger partial charge is 0.352 e. The molecule has 1 N–H and O–H groups in total. The number of rotatable bonds is 5. The van der Waals surface area contributed by atoms with Gasteiger partial charge in [0.15, 0.2) is 0 Å². The third-order valence-corrected chi connectivity index (χ3v) is 3.75. The lowest BCUT2D eigenvalue weighted by Crippen LogP contribution is -2.22. The Morgan fingerprint density at radius 3 is 2.78 bits per heavy atom. The molecule has 18 heavy (non-hydrogen) atoms. The van der Waals surface area contributed by atoms with Gasteiger partial charge in [-0.2, -0.15) is 0 Å². The highest BCUT2D eigenvalue weighted by molar-refractivity contribution is 7.17. The lowest BCUT2D eigenvalue weighted by atomic mass is 10.1. The van der Waals surface area contributed by atoms with Gasteiger partial charge in [0.1, 0.15) is 5.78 Å². The van der Waals surface area contributed by atoms with E-state index in [4.69, 9.17) is 0 Å². The Balaban J connectivity index is 1.94. The zero-order valence-corrected chi connectivity index (χ0v) is 11.0. The van der Waals surface area contributed by atoms with Gasteiger partial charge in [0.05, 0.1) is 0 Å². The first-order valence-corrected chi connectivity index (χ1v) is 6.76. The molecular formula is C14H15NO2S. The third kappa shape index (κ3) is 3.17. The maximum absolute atomic E-state index is 11.5. The van der Waals surface area contributed by atoms with E-state index < -0.39 is 0 Å². The van der Waals surface area contributed by atoms with Crippen LogP contribution in [0.15, 0.2) is 29.6 Å². The lowest BCUT2D eigenvalue weighted by Gasteiger charge is -2.03. The van der Waals surface area contributed by atoms with Crippen molar-refractivity contribution >= 4 is 33.1 Å². The summed E-state index contributed by atoms with van der Waals surface area (Å²) in [4.78, 5) is 22.3.